The monoisotopic (exact) mass is 381 g/mol. The Hall–Kier alpha value is -1.44. The van der Waals surface area contributed by atoms with Crippen LogP contribution in [0.3, 0.4) is 0 Å². The van der Waals surface area contributed by atoms with E-state index in [0.717, 1.165) is 61.4 Å². The normalized spacial score (nSPS) is 23.7. The Labute approximate surface area is 157 Å². The topological polar surface area (TPSA) is 75.3 Å². The number of halogens is 1. The summed E-state index contributed by atoms with van der Waals surface area (Å²) in [7, 11) is 0. The first-order valence-corrected chi connectivity index (χ1v) is 9.59. The number of amides is 1. The molecule has 0 saturated carbocycles. The van der Waals surface area contributed by atoms with Crippen molar-refractivity contribution < 1.29 is 4.79 Å². The molecule has 2 aliphatic heterocycles. The third kappa shape index (κ3) is 3.45. The number of carbonyl (C=O) groups is 1. The molecule has 0 spiro atoms. The first-order valence-electron chi connectivity index (χ1n) is 8.71. The first-order chi connectivity index (χ1) is 11.8. The second kappa shape index (κ2) is 7.85. The lowest BCUT2D eigenvalue weighted by Gasteiger charge is -2.36. The number of hydrogen-bond donors (Lipinski definition) is 1. The van der Waals surface area contributed by atoms with E-state index in [2.05, 4.69) is 20.9 Å². The molecule has 4 rings (SSSR count). The van der Waals surface area contributed by atoms with Crippen LogP contribution in [0, 0.1) is 5.92 Å². The maximum Gasteiger partial charge on any atom is 0.227 e. The van der Waals surface area contributed by atoms with E-state index in [4.69, 9.17) is 5.73 Å². The molecule has 2 saturated heterocycles. The number of piperidine rings is 1. The Balaban J connectivity index is 0.00000182. The molecule has 2 unspecified atom stereocenters. The van der Waals surface area contributed by atoms with Crippen LogP contribution in [0.5, 0.6) is 0 Å². The molecule has 4 heterocycles. The average Bonchev–Trinajstić information content (AvgIpc) is 3.29. The van der Waals surface area contributed by atoms with E-state index in [1.165, 1.54) is 0 Å². The quantitative estimate of drug-likeness (QED) is 0.882. The van der Waals surface area contributed by atoms with Crippen molar-refractivity contribution in [3.8, 4) is 0 Å². The fourth-order valence-corrected chi connectivity index (χ4v) is 4.73. The van der Waals surface area contributed by atoms with E-state index >= 15 is 0 Å². The van der Waals surface area contributed by atoms with Crippen molar-refractivity contribution in [2.24, 2.45) is 11.7 Å². The highest BCUT2D eigenvalue weighted by Crippen LogP contribution is 2.31. The van der Waals surface area contributed by atoms with Gasteiger partial charge in [0.15, 0.2) is 0 Å². The largest absolute Gasteiger partial charge is 0.355 e. The number of thiophene rings is 1. The number of hydrogen-bond acceptors (Lipinski definition) is 6. The number of aromatic nitrogens is 2. The number of anilines is 1. The fraction of sp³-hybridized carbons (Fsp3) is 0.588. The zero-order valence-corrected chi connectivity index (χ0v) is 15.8. The second-order valence-electron chi connectivity index (χ2n) is 6.69. The van der Waals surface area contributed by atoms with Gasteiger partial charge in [-0.05, 0) is 37.1 Å². The summed E-state index contributed by atoms with van der Waals surface area (Å²) in [6, 6.07) is 2.31. The number of nitrogens with two attached hydrogens (primary N) is 1. The minimum absolute atomic E-state index is 0. The van der Waals surface area contributed by atoms with Crippen LogP contribution in [0.2, 0.25) is 0 Å². The first kappa shape index (κ1) is 18.4. The van der Waals surface area contributed by atoms with E-state index < -0.39 is 0 Å². The van der Waals surface area contributed by atoms with E-state index in [9.17, 15) is 4.79 Å². The molecule has 25 heavy (non-hydrogen) atoms. The van der Waals surface area contributed by atoms with Crippen LogP contribution in [0.15, 0.2) is 17.8 Å². The third-order valence-corrected chi connectivity index (χ3v) is 6.06. The number of fused-ring (bicyclic) bond motifs is 1. The molecule has 2 aromatic heterocycles. The van der Waals surface area contributed by atoms with Gasteiger partial charge in [0.2, 0.25) is 5.91 Å². The molecule has 2 atom stereocenters. The SMILES string of the molecule is Cl.NCC1CCCN1C(=O)C1CCCN(c2ncnc3sccc23)C1. The molecule has 8 heteroatoms. The van der Waals surface area contributed by atoms with Crippen LogP contribution >= 0.6 is 23.7 Å². The van der Waals surface area contributed by atoms with Gasteiger partial charge in [-0.15, -0.1) is 23.7 Å². The van der Waals surface area contributed by atoms with E-state index in [-0.39, 0.29) is 30.3 Å². The molecule has 2 aliphatic rings. The van der Waals surface area contributed by atoms with E-state index in [1.54, 1.807) is 17.7 Å². The number of likely N-dealkylation sites (tertiary alicyclic amines) is 1. The molecule has 1 amide bonds. The van der Waals surface area contributed by atoms with Crippen molar-refractivity contribution in [1.82, 2.24) is 14.9 Å². The summed E-state index contributed by atoms with van der Waals surface area (Å²) in [5.74, 6) is 1.30. The Kier molecular flexibility index (Phi) is 5.76. The Morgan fingerprint density at radius 2 is 2.12 bits per heavy atom. The van der Waals surface area contributed by atoms with Crippen LogP contribution in [0.4, 0.5) is 5.82 Å². The predicted octanol–water partition coefficient (Wildman–Crippen LogP) is 2.28. The number of rotatable bonds is 3. The summed E-state index contributed by atoms with van der Waals surface area (Å²) >= 11 is 1.63. The van der Waals surface area contributed by atoms with Crippen molar-refractivity contribution in [2.45, 2.75) is 31.7 Å². The Bertz CT molecular complexity index is 739. The highest BCUT2D eigenvalue weighted by atomic mass is 35.5. The maximum atomic E-state index is 13.0. The highest BCUT2D eigenvalue weighted by molar-refractivity contribution is 7.16. The van der Waals surface area contributed by atoms with Gasteiger partial charge in [0.25, 0.3) is 0 Å². The number of nitrogens with zero attached hydrogens (tertiary/aromatic N) is 4. The van der Waals surface area contributed by atoms with Crippen LogP contribution in [0.25, 0.3) is 10.2 Å². The summed E-state index contributed by atoms with van der Waals surface area (Å²) in [6.07, 6.45) is 5.73. The van der Waals surface area contributed by atoms with Crippen LogP contribution in [-0.4, -0.2) is 53.0 Å². The van der Waals surface area contributed by atoms with Gasteiger partial charge in [0.05, 0.1) is 11.3 Å². The van der Waals surface area contributed by atoms with Gasteiger partial charge in [-0.3, -0.25) is 4.79 Å². The molecule has 2 N–H and O–H groups in total. The lowest BCUT2D eigenvalue weighted by molar-refractivity contribution is -0.136. The predicted molar refractivity (Wildman–Crippen MR) is 103 cm³/mol. The third-order valence-electron chi connectivity index (χ3n) is 5.24. The highest BCUT2D eigenvalue weighted by Gasteiger charge is 2.35. The van der Waals surface area contributed by atoms with Crippen LogP contribution < -0.4 is 10.6 Å². The fourth-order valence-electron chi connectivity index (χ4n) is 4.01. The molecule has 0 radical (unpaired) electrons. The van der Waals surface area contributed by atoms with Gasteiger partial charge in [0.1, 0.15) is 17.0 Å². The van der Waals surface area contributed by atoms with E-state index in [1.807, 2.05) is 10.3 Å². The molecule has 2 aromatic rings. The summed E-state index contributed by atoms with van der Waals surface area (Å²) < 4.78 is 0. The molecule has 0 aliphatic carbocycles. The summed E-state index contributed by atoms with van der Waals surface area (Å²) in [6.45, 7) is 3.13. The van der Waals surface area contributed by atoms with Crippen molar-refractivity contribution in [3.63, 3.8) is 0 Å². The van der Waals surface area contributed by atoms with E-state index in [0.29, 0.717) is 6.54 Å². The van der Waals surface area contributed by atoms with Crippen LogP contribution in [0.1, 0.15) is 25.7 Å². The minimum Gasteiger partial charge on any atom is -0.355 e. The minimum atomic E-state index is 0. The van der Waals surface area contributed by atoms with Gasteiger partial charge in [0, 0.05) is 32.2 Å². The Morgan fingerprint density at radius 1 is 1.28 bits per heavy atom. The van der Waals surface area contributed by atoms with Crippen molar-refractivity contribution in [1.29, 1.82) is 0 Å². The zero-order valence-electron chi connectivity index (χ0n) is 14.1. The lowest BCUT2D eigenvalue weighted by Crippen LogP contribution is -2.48. The van der Waals surface area contributed by atoms with Gasteiger partial charge in [-0.1, -0.05) is 0 Å². The molecule has 2 fully saturated rings. The molecule has 0 aromatic carbocycles. The summed E-state index contributed by atoms with van der Waals surface area (Å²) in [4.78, 5) is 27.1. The molecular formula is C17H24ClN5OS. The van der Waals surface area contributed by atoms with Crippen molar-refractivity contribution in [2.75, 3.05) is 31.1 Å². The molecule has 0 bridgehead atoms. The van der Waals surface area contributed by atoms with Crippen molar-refractivity contribution in [3.05, 3.63) is 17.8 Å². The number of carbonyl (C=O) groups excluding carboxylic acids is 1. The van der Waals surface area contributed by atoms with Crippen molar-refractivity contribution >= 4 is 45.7 Å². The molecule has 6 nitrogen and oxygen atoms in total. The average molecular weight is 382 g/mol. The second-order valence-corrected chi connectivity index (χ2v) is 7.58. The van der Waals surface area contributed by atoms with Gasteiger partial charge < -0.3 is 15.5 Å². The van der Waals surface area contributed by atoms with Gasteiger partial charge in [-0.25, -0.2) is 9.97 Å². The van der Waals surface area contributed by atoms with Crippen LogP contribution in [-0.2, 0) is 4.79 Å². The zero-order chi connectivity index (χ0) is 16.5. The summed E-state index contributed by atoms with van der Waals surface area (Å²) in [5.41, 5.74) is 5.84. The smallest absolute Gasteiger partial charge is 0.227 e. The molecule has 136 valence electrons. The van der Waals surface area contributed by atoms with Gasteiger partial charge in [-0.2, -0.15) is 0 Å². The standard InChI is InChI=1S/C17H23N5OS.ClH/c18-9-13-4-2-7-22(13)17(23)12-3-1-6-21(10-12)15-14-5-8-24-16(14)20-11-19-15;/h5,8,11-13H,1-4,6-7,9-10,18H2;1H. The molecular weight excluding hydrogens is 358 g/mol. The van der Waals surface area contributed by atoms with Gasteiger partial charge >= 0.3 is 0 Å². The maximum absolute atomic E-state index is 13.0. The summed E-state index contributed by atoms with van der Waals surface area (Å²) in [5, 5.41) is 3.14. The lowest BCUT2D eigenvalue weighted by atomic mass is 9.96. The Morgan fingerprint density at radius 3 is 2.96 bits per heavy atom.